The average Bonchev–Trinajstić information content (AvgIpc) is 2.18. The van der Waals surface area contributed by atoms with Gasteiger partial charge in [-0.05, 0) is 26.0 Å². The lowest BCUT2D eigenvalue weighted by atomic mass is 10.1. The van der Waals surface area contributed by atoms with E-state index in [1.54, 1.807) is 0 Å². The van der Waals surface area contributed by atoms with Crippen molar-refractivity contribution in [1.29, 1.82) is 5.26 Å². The molecule has 13 heavy (non-hydrogen) atoms. The molecule has 0 N–H and O–H groups in total. The van der Waals surface area contributed by atoms with E-state index in [1.807, 2.05) is 56.1 Å². The molecule has 0 aliphatic heterocycles. The maximum atomic E-state index is 8.93. The van der Waals surface area contributed by atoms with Crippen LogP contribution in [0.25, 0.3) is 0 Å². The summed E-state index contributed by atoms with van der Waals surface area (Å²) in [5.41, 5.74) is 0.607. The molecule has 0 atom stereocenters. The molecule has 0 fully saturated rings. The number of anilines is 1. The maximum Gasteiger partial charge on any atom is 0.121 e. The molecule has 0 saturated heterocycles. The first-order chi connectivity index (χ1) is 6.08. The monoisotopic (exact) mass is 174 g/mol. The van der Waals surface area contributed by atoms with Gasteiger partial charge in [0.15, 0.2) is 0 Å². The van der Waals surface area contributed by atoms with Gasteiger partial charge in [0, 0.05) is 12.7 Å². The van der Waals surface area contributed by atoms with Crippen LogP contribution in [0.15, 0.2) is 30.3 Å². The summed E-state index contributed by atoms with van der Waals surface area (Å²) in [6, 6.07) is 12.2. The van der Waals surface area contributed by atoms with Crippen molar-refractivity contribution < 1.29 is 0 Å². The summed E-state index contributed by atoms with van der Waals surface area (Å²) < 4.78 is 0. The molecule has 0 saturated carbocycles. The molecule has 1 rings (SSSR count). The first-order valence-corrected chi connectivity index (χ1v) is 4.28. The van der Waals surface area contributed by atoms with E-state index in [0.29, 0.717) is 0 Å². The van der Waals surface area contributed by atoms with Crippen molar-refractivity contribution in [3.8, 4) is 6.07 Å². The molecule has 1 aromatic rings. The highest BCUT2D eigenvalue weighted by Crippen LogP contribution is 2.20. The zero-order valence-corrected chi connectivity index (χ0v) is 8.28. The fourth-order valence-corrected chi connectivity index (χ4v) is 1.05. The van der Waals surface area contributed by atoms with E-state index in [2.05, 4.69) is 6.07 Å². The molecule has 0 amide bonds. The van der Waals surface area contributed by atoms with E-state index in [0.717, 1.165) is 5.69 Å². The van der Waals surface area contributed by atoms with Crippen molar-refractivity contribution in [2.45, 2.75) is 19.4 Å². The van der Waals surface area contributed by atoms with Gasteiger partial charge in [-0.1, -0.05) is 18.2 Å². The summed E-state index contributed by atoms with van der Waals surface area (Å²) in [5, 5.41) is 8.93. The van der Waals surface area contributed by atoms with Crippen LogP contribution in [0, 0.1) is 11.3 Å². The van der Waals surface area contributed by atoms with Gasteiger partial charge in [-0.2, -0.15) is 5.26 Å². The molecule has 0 bridgehead atoms. The zero-order chi connectivity index (χ0) is 9.90. The van der Waals surface area contributed by atoms with Crippen LogP contribution in [-0.4, -0.2) is 12.6 Å². The van der Waals surface area contributed by atoms with Gasteiger partial charge in [0.2, 0.25) is 0 Å². The molecule has 68 valence electrons. The van der Waals surface area contributed by atoms with Gasteiger partial charge in [0.25, 0.3) is 0 Å². The molecular formula is C11H14N2. The topological polar surface area (TPSA) is 27.0 Å². The molecule has 0 radical (unpaired) electrons. The average molecular weight is 174 g/mol. The highest BCUT2D eigenvalue weighted by atomic mass is 15.2. The second-order valence-electron chi connectivity index (χ2n) is 3.57. The second kappa shape index (κ2) is 3.49. The van der Waals surface area contributed by atoms with Gasteiger partial charge in [-0.3, -0.25) is 0 Å². The summed E-state index contributed by atoms with van der Waals surface area (Å²) in [4.78, 5) is 1.97. The highest BCUT2D eigenvalue weighted by molar-refractivity contribution is 5.49. The van der Waals surface area contributed by atoms with Crippen molar-refractivity contribution in [2.24, 2.45) is 0 Å². The zero-order valence-electron chi connectivity index (χ0n) is 8.28. The highest BCUT2D eigenvalue weighted by Gasteiger charge is 2.22. The normalized spacial score (nSPS) is 10.6. The summed E-state index contributed by atoms with van der Waals surface area (Å²) >= 11 is 0. The number of nitriles is 1. The van der Waals surface area contributed by atoms with Gasteiger partial charge >= 0.3 is 0 Å². The van der Waals surface area contributed by atoms with E-state index < -0.39 is 5.54 Å². The number of nitrogens with zero attached hydrogens (tertiary/aromatic N) is 2. The first kappa shape index (κ1) is 9.60. The van der Waals surface area contributed by atoms with Gasteiger partial charge < -0.3 is 4.90 Å². The molecule has 0 aromatic heterocycles. The Hall–Kier alpha value is -1.49. The molecule has 1 aromatic carbocycles. The molecule has 0 unspecified atom stereocenters. The maximum absolute atomic E-state index is 8.93. The second-order valence-corrected chi connectivity index (χ2v) is 3.57. The van der Waals surface area contributed by atoms with Gasteiger partial charge in [-0.15, -0.1) is 0 Å². The summed E-state index contributed by atoms with van der Waals surface area (Å²) in [6.45, 7) is 3.81. The van der Waals surface area contributed by atoms with Crippen molar-refractivity contribution >= 4 is 5.69 Å². The number of benzene rings is 1. The Bertz CT molecular complexity index is 309. The molecule has 2 heteroatoms. The van der Waals surface area contributed by atoms with E-state index in [9.17, 15) is 0 Å². The van der Waals surface area contributed by atoms with Crippen molar-refractivity contribution in [1.82, 2.24) is 0 Å². The van der Waals surface area contributed by atoms with Crippen molar-refractivity contribution in [3.63, 3.8) is 0 Å². The summed E-state index contributed by atoms with van der Waals surface area (Å²) in [5.74, 6) is 0. The molecular weight excluding hydrogens is 160 g/mol. The number of hydrogen-bond donors (Lipinski definition) is 0. The predicted octanol–water partition coefficient (Wildman–Crippen LogP) is 2.42. The van der Waals surface area contributed by atoms with Crippen LogP contribution in [0.2, 0.25) is 0 Å². The number of para-hydroxylation sites is 1. The lowest BCUT2D eigenvalue weighted by Crippen LogP contribution is -2.39. The Morgan fingerprint density at radius 3 is 2.23 bits per heavy atom. The minimum absolute atomic E-state index is 0.457. The van der Waals surface area contributed by atoms with Crippen LogP contribution >= 0.6 is 0 Å². The Kier molecular flexibility index (Phi) is 2.57. The third-order valence-electron chi connectivity index (χ3n) is 2.26. The number of hydrogen-bond acceptors (Lipinski definition) is 2. The number of rotatable bonds is 2. The third kappa shape index (κ3) is 2.00. The molecule has 2 nitrogen and oxygen atoms in total. The van der Waals surface area contributed by atoms with Crippen LogP contribution in [0.3, 0.4) is 0 Å². The third-order valence-corrected chi connectivity index (χ3v) is 2.26. The van der Waals surface area contributed by atoms with Crippen LogP contribution in [0.4, 0.5) is 5.69 Å². The van der Waals surface area contributed by atoms with Crippen LogP contribution < -0.4 is 4.90 Å². The molecule has 0 spiro atoms. The Morgan fingerprint density at radius 2 is 1.77 bits per heavy atom. The molecule has 0 heterocycles. The van der Waals surface area contributed by atoms with Gasteiger partial charge in [0.05, 0.1) is 6.07 Å². The fraction of sp³-hybridized carbons (Fsp3) is 0.364. The molecule has 0 aliphatic carbocycles. The van der Waals surface area contributed by atoms with E-state index >= 15 is 0 Å². The molecule has 0 aliphatic rings. The standard InChI is InChI=1S/C11H14N2/c1-11(2,9-12)13(3)10-7-5-4-6-8-10/h4-8H,1-3H3. The van der Waals surface area contributed by atoms with Gasteiger partial charge in [0.1, 0.15) is 5.54 Å². The van der Waals surface area contributed by atoms with Crippen LogP contribution in [0.1, 0.15) is 13.8 Å². The van der Waals surface area contributed by atoms with E-state index in [4.69, 9.17) is 5.26 Å². The fourth-order valence-electron chi connectivity index (χ4n) is 1.05. The summed E-state index contributed by atoms with van der Waals surface area (Å²) in [7, 11) is 1.93. The smallest absolute Gasteiger partial charge is 0.121 e. The Morgan fingerprint density at radius 1 is 1.23 bits per heavy atom. The quantitative estimate of drug-likeness (QED) is 0.688. The van der Waals surface area contributed by atoms with Crippen LogP contribution in [0.5, 0.6) is 0 Å². The Balaban J connectivity index is 2.94. The SMILES string of the molecule is CN(c1ccccc1)C(C)(C)C#N. The first-order valence-electron chi connectivity index (χ1n) is 4.28. The van der Waals surface area contributed by atoms with Crippen molar-refractivity contribution in [3.05, 3.63) is 30.3 Å². The largest absolute Gasteiger partial charge is 0.357 e. The lowest BCUT2D eigenvalue weighted by Gasteiger charge is -2.31. The van der Waals surface area contributed by atoms with E-state index in [1.165, 1.54) is 0 Å². The van der Waals surface area contributed by atoms with Gasteiger partial charge in [-0.25, -0.2) is 0 Å². The Labute approximate surface area is 79.4 Å². The summed E-state index contributed by atoms with van der Waals surface area (Å²) in [6.07, 6.45) is 0. The minimum atomic E-state index is -0.457. The minimum Gasteiger partial charge on any atom is -0.357 e. The predicted molar refractivity (Wildman–Crippen MR) is 54.5 cm³/mol. The lowest BCUT2D eigenvalue weighted by molar-refractivity contribution is 0.617. The van der Waals surface area contributed by atoms with E-state index in [-0.39, 0.29) is 0 Å². The van der Waals surface area contributed by atoms with Crippen LogP contribution in [-0.2, 0) is 0 Å². The van der Waals surface area contributed by atoms with Crippen molar-refractivity contribution in [2.75, 3.05) is 11.9 Å².